The van der Waals surface area contributed by atoms with Crippen LogP contribution in [0.5, 0.6) is 0 Å². The summed E-state index contributed by atoms with van der Waals surface area (Å²) in [6.07, 6.45) is 0. The predicted molar refractivity (Wildman–Crippen MR) is 181 cm³/mol. The van der Waals surface area contributed by atoms with E-state index in [9.17, 15) is 10.1 Å². The maximum Gasteiger partial charge on any atom is 0.313 e. The quantitative estimate of drug-likeness (QED) is 0.108. The van der Waals surface area contributed by atoms with Gasteiger partial charge in [0.2, 0.25) is 0 Å². The number of fused-ring (bicyclic) bond motifs is 3. The maximum atomic E-state index is 11.4. The molecule has 0 atom stereocenters. The van der Waals surface area contributed by atoms with Gasteiger partial charge in [-0.15, -0.1) is 0 Å². The number of nitrogens with zero attached hydrogens (tertiary/aromatic N) is 8. The van der Waals surface area contributed by atoms with Gasteiger partial charge in [0, 0.05) is 33.3 Å². The van der Waals surface area contributed by atoms with Crippen LogP contribution in [0.2, 0.25) is 0 Å². The van der Waals surface area contributed by atoms with Crippen LogP contribution >= 0.6 is 41.5 Å². The normalized spacial score (nSPS) is 13.5. The number of non-ortho nitro benzene ring substituents is 1. The van der Waals surface area contributed by atoms with Crippen molar-refractivity contribution in [2.45, 2.75) is 0 Å². The Kier molecular flexibility index (Phi) is 7.25. The summed E-state index contributed by atoms with van der Waals surface area (Å²) in [5, 5.41) is 11.4. The third-order valence-electron chi connectivity index (χ3n) is 7.11. The molecule has 7 rings (SSSR count). The molecule has 0 bridgehead atoms. The molecule has 220 valence electrons. The minimum absolute atomic E-state index is 0.0126. The number of thiazole rings is 3. The molecule has 3 heterocycles. The average Bonchev–Trinajstić information content (AvgIpc) is 3.63. The van der Waals surface area contributed by atoms with Crippen LogP contribution < -0.4 is 14.4 Å². The molecule has 14 heteroatoms. The maximum absolute atomic E-state index is 11.4. The van der Waals surface area contributed by atoms with Crippen LogP contribution in [-0.4, -0.2) is 18.6 Å². The third-order valence-corrected chi connectivity index (χ3v) is 12.7. The summed E-state index contributed by atoms with van der Waals surface area (Å²) in [5.74, 6) is 0. The first-order chi connectivity index (χ1) is 21.3. The van der Waals surface area contributed by atoms with Gasteiger partial charge in [0.05, 0.1) is 41.3 Å². The Hall–Kier alpha value is -4.42. The smallest absolute Gasteiger partial charge is 0.313 e. The second-order valence-electron chi connectivity index (χ2n) is 9.94. The van der Waals surface area contributed by atoms with E-state index in [2.05, 4.69) is 36.4 Å². The second-order valence-corrected chi connectivity index (χ2v) is 14.8. The van der Waals surface area contributed by atoms with E-state index >= 15 is 0 Å². The Balaban J connectivity index is 1.64. The largest absolute Gasteiger partial charge is 0.319 e. The number of hydrogen-bond acceptors (Lipinski definition) is 6. The Morgan fingerprint density at radius 3 is 1.30 bits per heavy atom. The van der Waals surface area contributed by atoms with Gasteiger partial charge in [-0.25, -0.2) is 4.74 Å². The van der Waals surface area contributed by atoms with Crippen LogP contribution in [0.15, 0.2) is 116 Å². The molecule has 0 saturated heterocycles. The number of nitro groups is 1. The predicted octanol–water partition coefficient (Wildman–Crippen LogP) is 7.63. The van der Waals surface area contributed by atoms with E-state index < -0.39 is 12.4 Å². The van der Waals surface area contributed by atoms with Crippen molar-refractivity contribution in [3.8, 4) is 0 Å². The summed E-state index contributed by atoms with van der Waals surface area (Å²) in [6.45, 7) is 0. The number of aromatic nitrogens is 3. The Morgan fingerprint density at radius 1 is 0.591 bits per heavy atom. The van der Waals surface area contributed by atoms with E-state index in [1.54, 1.807) is 46.1 Å². The van der Waals surface area contributed by atoms with E-state index in [0.717, 1.165) is 45.1 Å². The van der Waals surface area contributed by atoms with Gasteiger partial charge in [-0.3, -0.25) is 10.1 Å². The molecule has 0 fully saturated rings. The fourth-order valence-electron chi connectivity index (χ4n) is 4.81. The Labute approximate surface area is 262 Å². The van der Waals surface area contributed by atoms with Crippen LogP contribution in [0.25, 0.3) is 30.6 Å². The van der Waals surface area contributed by atoms with Crippen molar-refractivity contribution in [2.75, 3.05) is 0 Å². The third kappa shape index (κ3) is 5.17. The average molecular weight is 657 g/mol. The van der Waals surface area contributed by atoms with E-state index in [-0.39, 0.29) is 5.69 Å². The van der Waals surface area contributed by atoms with Gasteiger partial charge in [0.1, 0.15) is 0 Å². The fraction of sp³-hybridized carbons (Fsp3) is 0.100. The first-order valence-corrected chi connectivity index (χ1v) is 17.5. The van der Waals surface area contributed by atoms with Gasteiger partial charge >= 0.3 is 7.51 Å². The van der Waals surface area contributed by atoms with E-state index in [1.807, 2.05) is 71.2 Å². The molecule has 0 N–H and O–H groups in total. The van der Waals surface area contributed by atoms with Crippen LogP contribution in [0, 0.1) is 10.1 Å². The Bertz CT molecular complexity index is 2270. The second kappa shape index (κ2) is 11.3. The van der Waals surface area contributed by atoms with Crippen molar-refractivity contribution >= 4 is 83.5 Å². The number of aryl methyl sites for hydroxylation is 3. The zero-order chi connectivity index (χ0) is 30.4. The van der Waals surface area contributed by atoms with Crippen molar-refractivity contribution in [1.82, 2.24) is 13.7 Å². The van der Waals surface area contributed by atoms with Gasteiger partial charge < -0.3 is 13.7 Å². The van der Waals surface area contributed by atoms with Crippen molar-refractivity contribution in [3.63, 3.8) is 0 Å². The highest BCUT2D eigenvalue weighted by Gasteiger charge is 2.21. The van der Waals surface area contributed by atoms with Crippen molar-refractivity contribution in [2.24, 2.45) is 40.2 Å². The lowest BCUT2D eigenvalue weighted by atomic mass is 10.3. The highest BCUT2D eigenvalue weighted by atomic mass is 32.1. The van der Waals surface area contributed by atoms with Gasteiger partial charge in [-0.05, 0) is 48.5 Å². The van der Waals surface area contributed by atoms with E-state index in [0.29, 0.717) is 5.69 Å². The molecule has 0 unspecified atom stereocenters. The molecule has 0 aliphatic heterocycles. The number of benzene rings is 4. The number of para-hydroxylation sites is 3. The number of nitro benzene ring substituents is 1. The first-order valence-electron chi connectivity index (χ1n) is 13.5. The monoisotopic (exact) mass is 656 g/mol. The Morgan fingerprint density at radius 2 is 0.955 bits per heavy atom. The van der Waals surface area contributed by atoms with E-state index in [1.165, 1.54) is 12.1 Å². The first kappa shape index (κ1) is 28.4. The van der Waals surface area contributed by atoms with Gasteiger partial charge in [-0.2, -0.15) is 14.3 Å². The molecule has 0 saturated carbocycles. The van der Waals surface area contributed by atoms with Gasteiger partial charge in [0.25, 0.3) is 5.69 Å². The molecule has 0 amide bonds. The van der Waals surface area contributed by atoms with Gasteiger partial charge in [-0.1, -0.05) is 70.4 Å². The molecule has 7 aromatic rings. The number of rotatable bonds is 5. The minimum atomic E-state index is -3.37. The molecular weight excluding hydrogens is 632 g/mol. The summed E-state index contributed by atoms with van der Waals surface area (Å²) in [7, 11) is 2.58. The highest BCUT2D eigenvalue weighted by Crippen LogP contribution is 2.56. The summed E-state index contributed by atoms with van der Waals surface area (Å²) in [5.41, 5.74) is 3.64. The molecule has 4 aromatic carbocycles. The van der Waals surface area contributed by atoms with E-state index in [4.69, 9.17) is 19.0 Å². The molecular formula is C30H25N8O2PS3. The van der Waals surface area contributed by atoms with Crippen molar-refractivity contribution in [3.05, 3.63) is 122 Å². The lowest BCUT2D eigenvalue weighted by molar-refractivity contribution is -0.384. The minimum Gasteiger partial charge on any atom is -0.319 e. The fourth-order valence-corrected chi connectivity index (χ4v) is 10.8. The molecule has 0 aliphatic rings. The van der Waals surface area contributed by atoms with Crippen molar-refractivity contribution < 1.29 is 4.92 Å². The summed E-state index contributed by atoms with van der Waals surface area (Å²) in [6, 6.07) is 30.6. The molecule has 0 aliphatic carbocycles. The topological polar surface area (TPSA) is 107 Å². The van der Waals surface area contributed by atoms with Crippen LogP contribution in [0.4, 0.5) is 11.4 Å². The SMILES string of the molecule is Cn1/c(=N/P(=Nc2ccc([N+](=O)[O-])cc2)(/N=c2/sc3ccccc3n2C)/N=c2/sc3ccccc3n2C)sc2ccccc21. The zero-order valence-electron chi connectivity index (χ0n) is 23.8. The number of hydrogen-bond donors (Lipinski definition) is 0. The van der Waals surface area contributed by atoms with Crippen LogP contribution in [-0.2, 0) is 21.1 Å². The van der Waals surface area contributed by atoms with Gasteiger partial charge in [0.15, 0.2) is 14.4 Å². The standard InChI is InChI=1S/C30H25N8O2PS3/c1-35-22-10-4-7-13-25(22)42-28(35)32-41(31-20-16-18-21(19-17-20)38(39)40,33-29-36(2)23-11-5-8-14-26(23)43-29)34-30-37(3)24-12-6-9-15-27(24)44-30/h4-19H,1-3H3/b32-28-,33-29+,34-30+. The van der Waals surface area contributed by atoms with Crippen molar-refractivity contribution in [1.29, 1.82) is 0 Å². The zero-order valence-corrected chi connectivity index (χ0v) is 27.1. The highest BCUT2D eigenvalue weighted by molar-refractivity contribution is 7.62. The molecule has 0 spiro atoms. The molecule has 0 radical (unpaired) electrons. The molecule has 3 aromatic heterocycles. The summed E-state index contributed by atoms with van der Waals surface area (Å²) < 4.78 is 30.6. The molecule has 10 nitrogen and oxygen atoms in total. The summed E-state index contributed by atoms with van der Waals surface area (Å²) in [4.78, 5) is 13.2. The lowest BCUT2D eigenvalue weighted by Gasteiger charge is -2.10. The van der Waals surface area contributed by atoms with Crippen LogP contribution in [0.1, 0.15) is 0 Å². The summed E-state index contributed by atoms with van der Waals surface area (Å²) >= 11 is 4.67. The molecule has 44 heavy (non-hydrogen) atoms. The van der Waals surface area contributed by atoms with Crippen LogP contribution in [0.3, 0.4) is 0 Å². The lowest BCUT2D eigenvalue weighted by Crippen LogP contribution is -2.14.